The Balaban J connectivity index is 1.26. The van der Waals surface area contributed by atoms with E-state index in [1.54, 1.807) is 0 Å². The second kappa shape index (κ2) is 13.0. The summed E-state index contributed by atoms with van der Waals surface area (Å²) >= 11 is 0. The molecule has 2 heteroatoms. The van der Waals surface area contributed by atoms with Gasteiger partial charge in [0.1, 0.15) is 0 Å². The van der Waals surface area contributed by atoms with E-state index >= 15 is 0 Å². The summed E-state index contributed by atoms with van der Waals surface area (Å²) in [4.78, 5) is 4.67. The van der Waals surface area contributed by atoms with Crippen LogP contribution >= 0.6 is 0 Å². The maximum atomic E-state index is 2.34. The number of benzene rings is 7. The predicted octanol–water partition coefficient (Wildman–Crippen LogP) is 12.6. The molecule has 0 N–H and O–H groups in total. The first-order chi connectivity index (χ1) is 22.7. The van der Waals surface area contributed by atoms with Crippen molar-refractivity contribution in [2.75, 3.05) is 9.80 Å². The largest absolute Gasteiger partial charge is 0.310 e. The summed E-state index contributed by atoms with van der Waals surface area (Å²) < 4.78 is 0. The molecule has 0 atom stereocenters. The zero-order chi connectivity index (χ0) is 31.3. The smallest absolute Gasteiger partial charge is 0.0491 e. The Morgan fingerprint density at radius 3 is 1.37 bits per heavy atom. The van der Waals surface area contributed by atoms with Gasteiger partial charge in [0.25, 0.3) is 0 Å². The fourth-order valence-electron chi connectivity index (χ4n) is 6.25. The summed E-state index contributed by atoms with van der Waals surface area (Å²) in [6, 6.07) is 64.8. The minimum atomic E-state index is 1.13. The van der Waals surface area contributed by atoms with Crippen LogP contribution in [0.1, 0.15) is 11.1 Å². The summed E-state index contributed by atoms with van der Waals surface area (Å²) in [5, 5.41) is 0. The van der Waals surface area contributed by atoms with Crippen molar-refractivity contribution in [2.45, 2.75) is 13.8 Å². The molecule has 0 saturated carbocycles. The molecule has 46 heavy (non-hydrogen) atoms. The van der Waals surface area contributed by atoms with Crippen molar-refractivity contribution >= 4 is 34.1 Å². The number of anilines is 6. The highest BCUT2D eigenvalue weighted by molar-refractivity contribution is 5.84. The van der Waals surface area contributed by atoms with Gasteiger partial charge in [-0.1, -0.05) is 109 Å². The lowest BCUT2D eigenvalue weighted by atomic mass is 9.96. The van der Waals surface area contributed by atoms with E-state index in [4.69, 9.17) is 0 Å². The monoisotopic (exact) mass is 592 g/mol. The van der Waals surface area contributed by atoms with Gasteiger partial charge in [-0.05, 0) is 120 Å². The first-order valence-electron chi connectivity index (χ1n) is 15.8. The quantitative estimate of drug-likeness (QED) is 0.173. The summed E-state index contributed by atoms with van der Waals surface area (Å²) in [5.74, 6) is 0. The van der Waals surface area contributed by atoms with E-state index in [0.29, 0.717) is 0 Å². The van der Waals surface area contributed by atoms with Crippen LogP contribution in [0, 0.1) is 13.8 Å². The van der Waals surface area contributed by atoms with Gasteiger partial charge in [-0.25, -0.2) is 0 Å². The first-order valence-corrected chi connectivity index (χ1v) is 15.8. The normalized spacial score (nSPS) is 10.8. The van der Waals surface area contributed by atoms with Crippen LogP contribution in [0.5, 0.6) is 0 Å². The van der Waals surface area contributed by atoms with Gasteiger partial charge in [0.05, 0.1) is 0 Å². The van der Waals surface area contributed by atoms with E-state index in [-0.39, 0.29) is 0 Å². The van der Waals surface area contributed by atoms with Crippen molar-refractivity contribution < 1.29 is 0 Å². The van der Waals surface area contributed by atoms with Crippen molar-refractivity contribution in [3.8, 4) is 22.3 Å². The maximum absolute atomic E-state index is 2.34. The molecule has 0 saturated heterocycles. The van der Waals surface area contributed by atoms with Gasteiger partial charge in [-0.15, -0.1) is 0 Å². The van der Waals surface area contributed by atoms with Gasteiger partial charge in [0.15, 0.2) is 0 Å². The molecule has 0 aliphatic carbocycles. The maximum Gasteiger partial charge on any atom is 0.0491 e. The molecule has 0 fully saturated rings. The van der Waals surface area contributed by atoms with Crippen molar-refractivity contribution in [2.24, 2.45) is 0 Å². The van der Waals surface area contributed by atoms with Crippen LogP contribution < -0.4 is 9.80 Å². The average molecular weight is 593 g/mol. The van der Waals surface area contributed by atoms with E-state index in [1.165, 1.54) is 39.1 Å². The molecule has 2 nitrogen and oxygen atoms in total. The molecule has 0 unspecified atom stereocenters. The molecule has 0 aliphatic rings. The van der Waals surface area contributed by atoms with Crippen molar-refractivity contribution in [1.82, 2.24) is 0 Å². The van der Waals surface area contributed by atoms with E-state index in [2.05, 4.69) is 206 Å². The fourth-order valence-corrected chi connectivity index (χ4v) is 6.25. The summed E-state index contributed by atoms with van der Waals surface area (Å²) in [7, 11) is 0. The van der Waals surface area contributed by atoms with Gasteiger partial charge >= 0.3 is 0 Å². The SMILES string of the molecule is Cc1cc(N(c2ccccc2)c2cccc(-c3ccccc3)c2)ccc1-c1ccc(N(c2ccccc2)c2ccccc2)c(C)c1. The number of aryl methyl sites for hydroxylation is 2. The standard InChI is InChI=1S/C44H36N2/c1-33-31-42(45(38-19-9-4-10-20-38)41-25-15-18-36(32-41)35-16-7-3-8-17-35)27-28-43(33)37-26-29-44(34(2)30-37)46(39-21-11-5-12-22-39)40-23-13-6-14-24-40/h3-32H,1-2H3. The number of hydrogen-bond donors (Lipinski definition) is 0. The van der Waals surface area contributed by atoms with E-state index in [9.17, 15) is 0 Å². The molecule has 0 heterocycles. The third-order valence-electron chi connectivity index (χ3n) is 8.47. The van der Waals surface area contributed by atoms with Crippen LogP contribution in [-0.2, 0) is 0 Å². The van der Waals surface area contributed by atoms with Crippen molar-refractivity contribution in [1.29, 1.82) is 0 Å². The minimum Gasteiger partial charge on any atom is -0.310 e. The number of para-hydroxylation sites is 3. The van der Waals surface area contributed by atoms with Crippen molar-refractivity contribution in [3.05, 3.63) is 193 Å². The van der Waals surface area contributed by atoms with Crippen LogP contribution in [-0.4, -0.2) is 0 Å². The predicted molar refractivity (Wildman–Crippen MR) is 196 cm³/mol. The first kappa shape index (κ1) is 28.9. The van der Waals surface area contributed by atoms with Crippen LogP contribution in [0.4, 0.5) is 34.1 Å². The van der Waals surface area contributed by atoms with Crippen molar-refractivity contribution in [3.63, 3.8) is 0 Å². The van der Waals surface area contributed by atoms with Gasteiger partial charge in [0, 0.05) is 34.1 Å². The van der Waals surface area contributed by atoms with Gasteiger partial charge in [0.2, 0.25) is 0 Å². The van der Waals surface area contributed by atoms with Gasteiger partial charge < -0.3 is 9.80 Å². The van der Waals surface area contributed by atoms with E-state index in [1.807, 2.05) is 0 Å². The molecule has 0 bridgehead atoms. The summed E-state index contributed by atoms with van der Waals surface area (Å²) in [6.45, 7) is 4.42. The van der Waals surface area contributed by atoms with Crippen LogP contribution in [0.15, 0.2) is 182 Å². The Morgan fingerprint density at radius 2 is 0.804 bits per heavy atom. The van der Waals surface area contributed by atoms with Crippen LogP contribution in [0.2, 0.25) is 0 Å². The fraction of sp³-hybridized carbons (Fsp3) is 0.0455. The van der Waals surface area contributed by atoms with E-state index in [0.717, 1.165) is 28.4 Å². The molecular weight excluding hydrogens is 556 g/mol. The lowest BCUT2D eigenvalue weighted by Gasteiger charge is -2.28. The Labute approximate surface area is 272 Å². The lowest BCUT2D eigenvalue weighted by molar-refractivity contribution is 1.25. The van der Waals surface area contributed by atoms with Crippen LogP contribution in [0.3, 0.4) is 0 Å². The van der Waals surface area contributed by atoms with Crippen LogP contribution in [0.25, 0.3) is 22.3 Å². The molecule has 0 aromatic heterocycles. The molecule has 7 aromatic carbocycles. The highest BCUT2D eigenvalue weighted by atomic mass is 15.1. The molecule has 222 valence electrons. The topological polar surface area (TPSA) is 6.48 Å². The Bertz CT molecular complexity index is 2010. The second-order valence-electron chi connectivity index (χ2n) is 11.6. The second-order valence-corrected chi connectivity index (χ2v) is 11.6. The van der Waals surface area contributed by atoms with Gasteiger partial charge in [-0.2, -0.15) is 0 Å². The molecule has 0 aliphatic heterocycles. The molecule has 7 aromatic rings. The Hall–Kier alpha value is -5.86. The molecule has 7 rings (SSSR count). The zero-order valence-corrected chi connectivity index (χ0v) is 26.2. The average Bonchev–Trinajstić information content (AvgIpc) is 3.11. The highest BCUT2D eigenvalue weighted by Gasteiger charge is 2.17. The Kier molecular flexibility index (Phi) is 8.17. The number of nitrogens with zero attached hydrogens (tertiary/aromatic N) is 2. The Morgan fingerprint density at radius 1 is 0.304 bits per heavy atom. The lowest BCUT2D eigenvalue weighted by Crippen LogP contribution is -2.11. The zero-order valence-electron chi connectivity index (χ0n) is 26.2. The highest BCUT2D eigenvalue weighted by Crippen LogP contribution is 2.41. The molecule has 0 amide bonds. The molecule has 0 spiro atoms. The van der Waals surface area contributed by atoms with E-state index < -0.39 is 0 Å². The third kappa shape index (κ3) is 5.94. The summed E-state index contributed by atoms with van der Waals surface area (Å²) in [6.07, 6.45) is 0. The molecular formula is C44H36N2. The molecule has 0 radical (unpaired) electrons. The number of hydrogen-bond acceptors (Lipinski definition) is 2. The summed E-state index contributed by atoms with van der Waals surface area (Å²) in [5.41, 5.74) is 14.1. The number of rotatable bonds is 8. The van der Waals surface area contributed by atoms with Gasteiger partial charge in [-0.3, -0.25) is 0 Å². The minimum absolute atomic E-state index is 1.13. The third-order valence-corrected chi connectivity index (χ3v) is 8.47.